The summed E-state index contributed by atoms with van der Waals surface area (Å²) >= 11 is 5.41. The van der Waals surface area contributed by atoms with E-state index in [4.69, 9.17) is 0 Å². The molecule has 0 aromatic carbocycles. The first-order valence-corrected chi connectivity index (χ1v) is 12.7. The number of unbranched alkanes of at least 4 members (excludes halogenated alkanes) is 1. The van der Waals surface area contributed by atoms with E-state index in [2.05, 4.69) is 26.6 Å². The molecule has 9 heteroatoms. The van der Waals surface area contributed by atoms with Gasteiger partial charge in [-0.25, -0.2) is 0 Å². The van der Waals surface area contributed by atoms with Crippen LogP contribution in [0, 0.1) is 11.8 Å². The highest BCUT2D eigenvalue weighted by atomic mass is 79.9. The Balaban J connectivity index is 1.97. The van der Waals surface area contributed by atoms with Crippen LogP contribution in [0.25, 0.3) is 0 Å². The molecule has 0 aliphatic carbocycles. The molecule has 2 bridgehead atoms. The van der Waals surface area contributed by atoms with Crippen LogP contribution in [0.5, 0.6) is 0 Å². The highest BCUT2D eigenvalue weighted by molar-refractivity contribution is 9.09. The van der Waals surface area contributed by atoms with Gasteiger partial charge in [-0.2, -0.15) is 0 Å². The molecular formula is C21H34BrN3O4S. The summed E-state index contributed by atoms with van der Waals surface area (Å²) in [5, 5.41) is 15.2. The number of hydrogen-bond donors (Lipinski definition) is 3. The van der Waals surface area contributed by atoms with Gasteiger partial charge in [-0.1, -0.05) is 22.9 Å². The van der Waals surface area contributed by atoms with Crippen molar-refractivity contribution < 1.29 is 19.5 Å². The molecule has 0 aromatic rings. The topological polar surface area (TPSA) is 98.7 Å². The standard InChI is InChI=1S/C21H34BrN3O4S/c1-5-8-23-17(27)13-14-19(29)25(9-6-7-10-26)16(18(28)24-20(2,3)4)21(14)11-12(22)15(13)30-21/h12-16,26H,5-11H2,1-4H3,(H,23,27)(H,24,28)/t12?,13-,14-,15-,16?,21?/m0/s1. The smallest absolute Gasteiger partial charge is 0.244 e. The van der Waals surface area contributed by atoms with Gasteiger partial charge in [0.05, 0.1) is 16.6 Å². The van der Waals surface area contributed by atoms with E-state index in [0.717, 1.165) is 6.42 Å². The lowest BCUT2D eigenvalue weighted by molar-refractivity contribution is -0.140. The van der Waals surface area contributed by atoms with E-state index < -0.39 is 28.2 Å². The number of halogens is 1. The number of carbonyl (C=O) groups is 3. The fraction of sp³-hybridized carbons (Fsp3) is 0.857. The van der Waals surface area contributed by atoms with Crippen LogP contribution in [-0.2, 0) is 14.4 Å². The van der Waals surface area contributed by atoms with Crippen molar-refractivity contribution in [3.05, 3.63) is 0 Å². The number of thioether (sulfide) groups is 1. The monoisotopic (exact) mass is 503 g/mol. The zero-order valence-corrected chi connectivity index (χ0v) is 20.6. The van der Waals surface area contributed by atoms with Crippen LogP contribution in [0.4, 0.5) is 0 Å². The molecule has 0 saturated carbocycles. The van der Waals surface area contributed by atoms with Gasteiger partial charge in [-0.05, 0) is 46.5 Å². The molecule has 30 heavy (non-hydrogen) atoms. The van der Waals surface area contributed by atoms with Crippen molar-refractivity contribution in [2.75, 3.05) is 19.7 Å². The van der Waals surface area contributed by atoms with Crippen molar-refractivity contribution in [1.29, 1.82) is 0 Å². The molecule has 3 fully saturated rings. The summed E-state index contributed by atoms with van der Waals surface area (Å²) in [5.74, 6) is -1.23. The van der Waals surface area contributed by atoms with Crippen LogP contribution >= 0.6 is 27.7 Å². The Labute approximate surface area is 191 Å². The quantitative estimate of drug-likeness (QED) is 0.345. The molecule has 3 heterocycles. The maximum absolute atomic E-state index is 13.6. The van der Waals surface area contributed by atoms with Crippen LogP contribution in [0.1, 0.15) is 53.4 Å². The summed E-state index contributed by atoms with van der Waals surface area (Å²) in [6.07, 6.45) is 2.73. The predicted octanol–water partition coefficient (Wildman–Crippen LogP) is 1.66. The molecule has 170 valence electrons. The summed E-state index contributed by atoms with van der Waals surface area (Å²) in [7, 11) is 0. The lowest BCUT2D eigenvalue weighted by Crippen LogP contribution is -2.57. The molecule has 3 aliphatic rings. The van der Waals surface area contributed by atoms with Gasteiger partial charge in [-0.15, -0.1) is 11.8 Å². The van der Waals surface area contributed by atoms with E-state index >= 15 is 0 Å². The van der Waals surface area contributed by atoms with E-state index in [1.807, 2.05) is 27.7 Å². The third-order valence-electron chi connectivity index (χ3n) is 6.19. The van der Waals surface area contributed by atoms with Gasteiger partial charge >= 0.3 is 0 Å². The van der Waals surface area contributed by atoms with Crippen LogP contribution in [0.2, 0.25) is 0 Å². The van der Waals surface area contributed by atoms with Crippen molar-refractivity contribution in [3.63, 3.8) is 0 Å². The first-order valence-electron chi connectivity index (χ1n) is 10.9. The molecular weight excluding hydrogens is 470 g/mol. The lowest BCUT2D eigenvalue weighted by Gasteiger charge is -2.36. The number of carbonyl (C=O) groups excluding carboxylic acids is 3. The maximum atomic E-state index is 13.6. The SMILES string of the molecule is CCCNC(=O)[C@H]1[C@H]2C(=O)N(CCCCO)C(C(=O)NC(C)(C)C)C23CC(Br)[C@@H]1S3. The Kier molecular flexibility index (Phi) is 7.14. The van der Waals surface area contributed by atoms with Crippen LogP contribution in [0.15, 0.2) is 0 Å². The van der Waals surface area contributed by atoms with Crippen molar-refractivity contribution in [2.45, 2.75) is 79.8 Å². The first-order chi connectivity index (χ1) is 14.1. The highest BCUT2D eigenvalue weighted by Crippen LogP contribution is 2.67. The fourth-order valence-electron chi connectivity index (χ4n) is 5.17. The van der Waals surface area contributed by atoms with Crippen molar-refractivity contribution in [1.82, 2.24) is 15.5 Å². The van der Waals surface area contributed by atoms with Gasteiger partial charge in [0, 0.05) is 35.3 Å². The number of amides is 3. The molecule has 3 unspecified atom stereocenters. The first kappa shape index (κ1) is 23.9. The number of aliphatic hydroxyl groups is 1. The largest absolute Gasteiger partial charge is 0.396 e. The Morgan fingerprint density at radius 1 is 1.30 bits per heavy atom. The third kappa shape index (κ3) is 4.13. The lowest BCUT2D eigenvalue weighted by atomic mass is 9.70. The fourth-order valence-corrected chi connectivity index (χ4v) is 8.78. The number of hydrogen-bond acceptors (Lipinski definition) is 5. The van der Waals surface area contributed by atoms with Gasteiger partial charge in [0.25, 0.3) is 0 Å². The van der Waals surface area contributed by atoms with Gasteiger partial charge in [0.15, 0.2) is 0 Å². The zero-order valence-electron chi connectivity index (χ0n) is 18.2. The number of likely N-dealkylation sites (tertiary alicyclic amines) is 1. The minimum absolute atomic E-state index is 0.0136. The van der Waals surface area contributed by atoms with Gasteiger partial charge in [-0.3, -0.25) is 14.4 Å². The number of nitrogens with one attached hydrogen (secondary N) is 2. The van der Waals surface area contributed by atoms with Crippen molar-refractivity contribution in [2.24, 2.45) is 11.8 Å². The number of nitrogens with zero attached hydrogens (tertiary/aromatic N) is 1. The van der Waals surface area contributed by atoms with E-state index in [1.165, 1.54) is 0 Å². The molecule has 6 atom stereocenters. The van der Waals surface area contributed by atoms with Gasteiger partial charge in [0.1, 0.15) is 6.04 Å². The number of fused-ring (bicyclic) bond motifs is 1. The third-order valence-corrected chi connectivity index (χ3v) is 9.41. The van der Waals surface area contributed by atoms with E-state index in [9.17, 15) is 19.5 Å². The Hall–Kier alpha value is -0.800. The van der Waals surface area contributed by atoms with Crippen LogP contribution in [-0.4, -0.2) is 73.8 Å². The zero-order chi connectivity index (χ0) is 22.3. The van der Waals surface area contributed by atoms with Crippen LogP contribution < -0.4 is 10.6 Å². The molecule has 3 saturated heterocycles. The Morgan fingerprint density at radius 3 is 2.60 bits per heavy atom. The van der Waals surface area contributed by atoms with E-state index in [1.54, 1.807) is 16.7 Å². The average molecular weight is 504 g/mol. The van der Waals surface area contributed by atoms with Gasteiger partial charge < -0.3 is 20.6 Å². The Bertz CT molecular complexity index is 700. The average Bonchev–Trinajstić information content (AvgIpc) is 3.22. The van der Waals surface area contributed by atoms with Gasteiger partial charge in [0.2, 0.25) is 17.7 Å². The minimum Gasteiger partial charge on any atom is -0.396 e. The molecule has 3 rings (SSSR count). The molecule has 1 spiro atoms. The van der Waals surface area contributed by atoms with Crippen LogP contribution in [0.3, 0.4) is 0 Å². The van der Waals surface area contributed by atoms with E-state index in [0.29, 0.717) is 32.4 Å². The van der Waals surface area contributed by atoms with Crippen molar-refractivity contribution in [3.8, 4) is 0 Å². The minimum atomic E-state index is -0.605. The summed E-state index contributed by atoms with van der Waals surface area (Å²) < 4.78 is -0.599. The number of aliphatic hydroxyl groups excluding tert-OH is 1. The number of rotatable bonds is 8. The Morgan fingerprint density at radius 2 is 2.00 bits per heavy atom. The summed E-state index contributed by atoms with van der Waals surface area (Å²) in [6.45, 7) is 8.85. The molecule has 3 amide bonds. The molecule has 0 radical (unpaired) electrons. The molecule has 3 N–H and O–H groups in total. The molecule has 7 nitrogen and oxygen atoms in total. The predicted molar refractivity (Wildman–Crippen MR) is 121 cm³/mol. The van der Waals surface area contributed by atoms with E-state index in [-0.39, 0.29) is 34.4 Å². The summed E-state index contributed by atoms with van der Waals surface area (Å²) in [6, 6.07) is -0.605. The summed E-state index contributed by atoms with van der Waals surface area (Å²) in [5.41, 5.74) is -0.418. The number of alkyl halides is 1. The normalized spacial score (nSPS) is 34.9. The van der Waals surface area contributed by atoms with Crippen molar-refractivity contribution >= 4 is 45.4 Å². The molecule has 0 aromatic heterocycles. The second-order valence-electron chi connectivity index (χ2n) is 9.66. The highest BCUT2D eigenvalue weighted by Gasteiger charge is 2.75. The molecule has 3 aliphatic heterocycles. The maximum Gasteiger partial charge on any atom is 0.244 e. The second kappa shape index (κ2) is 8.98. The summed E-state index contributed by atoms with van der Waals surface area (Å²) in [4.78, 5) is 41.9. The second-order valence-corrected chi connectivity index (χ2v) is 12.4.